The lowest BCUT2D eigenvalue weighted by Crippen LogP contribution is -2.56. The van der Waals surface area contributed by atoms with Gasteiger partial charge >= 0.3 is 0 Å². The molecule has 5 atom stereocenters. The van der Waals surface area contributed by atoms with Crippen molar-refractivity contribution in [3.63, 3.8) is 0 Å². The van der Waals surface area contributed by atoms with Gasteiger partial charge in [0.25, 0.3) is 5.69 Å². The molecule has 130 valence electrons. The number of nitro groups is 1. The monoisotopic (exact) mass is 330 g/mol. The summed E-state index contributed by atoms with van der Waals surface area (Å²) in [6.45, 7) is 1.07. The smallest absolute Gasteiger partial charge is 0.269 e. The third-order valence-electron chi connectivity index (χ3n) is 6.12. The van der Waals surface area contributed by atoms with Gasteiger partial charge in [-0.3, -0.25) is 10.1 Å². The zero-order valence-electron chi connectivity index (χ0n) is 13.9. The van der Waals surface area contributed by atoms with Crippen LogP contribution in [-0.4, -0.2) is 35.6 Å². The van der Waals surface area contributed by atoms with Crippen LogP contribution in [0.25, 0.3) is 0 Å². The Kier molecular flexibility index (Phi) is 4.18. The molecule has 0 radical (unpaired) electrons. The van der Waals surface area contributed by atoms with E-state index in [9.17, 15) is 10.1 Å². The molecule has 2 saturated carbocycles. The Bertz CT molecular complexity index is 606. The van der Waals surface area contributed by atoms with Gasteiger partial charge in [-0.1, -0.05) is 12.8 Å². The van der Waals surface area contributed by atoms with Crippen molar-refractivity contribution in [2.75, 3.05) is 11.4 Å². The summed E-state index contributed by atoms with van der Waals surface area (Å²) in [5.74, 6) is 0.725. The molecule has 2 bridgehead atoms. The highest BCUT2D eigenvalue weighted by Crippen LogP contribution is 2.41. The van der Waals surface area contributed by atoms with Crippen LogP contribution >= 0.6 is 0 Å². The average molecular weight is 330 g/mol. The summed E-state index contributed by atoms with van der Waals surface area (Å²) in [4.78, 5) is 12.9. The standard InChI is InChI=1S/C18H26N4O2/c19-15-3-1-2-4-16(15)20-17-9-12-10-18(17)21(11-12)13-5-7-14(8-6-13)22(23)24/h5-8,12,15-18,20H,1-4,9-11,19H2/t12?,15?,16?,17-,18?/m0/s1. The van der Waals surface area contributed by atoms with Gasteiger partial charge in [0, 0.05) is 48.5 Å². The summed E-state index contributed by atoms with van der Waals surface area (Å²) in [6.07, 6.45) is 7.30. The van der Waals surface area contributed by atoms with E-state index in [-0.39, 0.29) is 16.7 Å². The number of hydrogen-bond donors (Lipinski definition) is 2. The van der Waals surface area contributed by atoms with Crippen LogP contribution in [0, 0.1) is 16.0 Å². The van der Waals surface area contributed by atoms with E-state index in [4.69, 9.17) is 5.73 Å². The van der Waals surface area contributed by atoms with Crippen LogP contribution in [-0.2, 0) is 0 Å². The fraction of sp³-hybridized carbons (Fsp3) is 0.667. The van der Waals surface area contributed by atoms with E-state index < -0.39 is 0 Å². The molecule has 1 aromatic carbocycles. The van der Waals surface area contributed by atoms with Gasteiger partial charge < -0.3 is 16.0 Å². The maximum absolute atomic E-state index is 10.8. The predicted molar refractivity (Wildman–Crippen MR) is 94.1 cm³/mol. The molecule has 0 aromatic heterocycles. The van der Waals surface area contributed by atoms with E-state index in [1.54, 1.807) is 12.1 Å². The van der Waals surface area contributed by atoms with Crippen LogP contribution in [0.2, 0.25) is 0 Å². The lowest BCUT2D eigenvalue weighted by atomic mass is 9.89. The Morgan fingerprint density at radius 1 is 1.12 bits per heavy atom. The molecule has 0 amide bonds. The second-order valence-electron chi connectivity index (χ2n) is 7.66. The molecule has 1 aliphatic heterocycles. The number of nitrogens with two attached hydrogens (primary N) is 1. The summed E-state index contributed by atoms with van der Waals surface area (Å²) in [5.41, 5.74) is 7.57. The van der Waals surface area contributed by atoms with Crippen molar-refractivity contribution < 1.29 is 4.92 Å². The van der Waals surface area contributed by atoms with Crippen molar-refractivity contribution in [2.45, 2.75) is 62.7 Å². The zero-order valence-corrected chi connectivity index (χ0v) is 13.9. The first kappa shape index (κ1) is 15.8. The minimum Gasteiger partial charge on any atom is -0.367 e. The Morgan fingerprint density at radius 3 is 2.54 bits per heavy atom. The molecule has 3 N–H and O–H groups in total. The van der Waals surface area contributed by atoms with Crippen LogP contribution in [0.3, 0.4) is 0 Å². The molecule has 0 spiro atoms. The van der Waals surface area contributed by atoms with Gasteiger partial charge in [0.1, 0.15) is 0 Å². The Labute approximate surface area is 142 Å². The maximum Gasteiger partial charge on any atom is 0.269 e. The number of hydrogen-bond acceptors (Lipinski definition) is 5. The van der Waals surface area contributed by atoms with Gasteiger partial charge in [-0.2, -0.15) is 0 Å². The van der Waals surface area contributed by atoms with Crippen LogP contribution in [0.15, 0.2) is 24.3 Å². The first-order valence-corrected chi connectivity index (χ1v) is 9.14. The normalized spacial score (nSPS) is 35.4. The highest BCUT2D eigenvalue weighted by molar-refractivity contribution is 5.53. The summed E-state index contributed by atoms with van der Waals surface area (Å²) >= 11 is 0. The molecule has 1 aromatic rings. The maximum atomic E-state index is 10.8. The average Bonchev–Trinajstić information content (AvgIpc) is 3.17. The van der Waals surface area contributed by atoms with Gasteiger partial charge in [-0.25, -0.2) is 0 Å². The van der Waals surface area contributed by atoms with Crippen LogP contribution in [0.5, 0.6) is 0 Å². The fourth-order valence-electron chi connectivity index (χ4n) is 4.91. The van der Waals surface area contributed by atoms with E-state index in [0.717, 1.165) is 24.6 Å². The molecule has 2 aliphatic carbocycles. The van der Waals surface area contributed by atoms with Gasteiger partial charge in [-0.05, 0) is 43.7 Å². The van der Waals surface area contributed by atoms with Gasteiger partial charge in [0.05, 0.1) is 4.92 Å². The van der Waals surface area contributed by atoms with Crippen molar-refractivity contribution in [2.24, 2.45) is 11.7 Å². The fourth-order valence-corrected chi connectivity index (χ4v) is 4.91. The third kappa shape index (κ3) is 2.89. The lowest BCUT2D eigenvalue weighted by molar-refractivity contribution is -0.384. The van der Waals surface area contributed by atoms with Crippen molar-refractivity contribution in [1.82, 2.24) is 5.32 Å². The van der Waals surface area contributed by atoms with Crippen LogP contribution < -0.4 is 16.0 Å². The molecule has 24 heavy (non-hydrogen) atoms. The molecule has 4 unspecified atom stereocenters. The summed E-state index contributed by atoms with van der Waals surface area (Å²) < 4.78 is 0. The number of benzene rings is 1. The Balaban J connectivity index is 1.45. The number of anilines is 1. The van der Waals surface area contributed by atoms with Crippen LogP contribution in [0.4, 0.5) is 11.4 Å². The number of non-ortho nitro benzene ring substituents is 1. The summed E-state index contributed by atoms with van der Waals surface area (Å²) in [5, 5.41) is 14.7. The van der Waals surface area contributed by atoms with E-state index in [1.165, 1.54) is 32.1 Å². The van der Waals surface area contributed by atoms with Crippen molar-refractivity contribution in [3.8, 4) is 0 Å². The minimum atomic E-state index is -0.339. The minimum absolute atomic E-state index is 0.158. The molecule has 6 nitrogen and oxygen atoms in total. The van der Waals surface area contributed by atoms with E-state index in [1.807, 2.05) is 12.1 Å². The first-order valence-electron chi connectivity index (χ1n) is 9.14. The Hall–Kier alpha value is -1.66. The van der Waals surface area contributed by atoms with Crippen molar-refractivity contribution in [1.29, 1.82) is 0 Å². The van der Waals surface area contributed by atoms with Gasteiger partial charge in [0.2, 0.25) is 0 Å². The molecule has 4 rings (SSSR count). The van der Waals surface area contributed by atoms with Gasteiger partial charge in [-0.15, -0.1) is 0 Å². The molecule has 3 fully saturated rings. The topological polar surface area (TPSA) is 84.4 Å². The zero-order chi connectivity index (χ0) is 16.7. The quantitative estimate of drug-likeness (QED) is 0.654. The summed E-state index contributed by atoms with van der Waals surface area (Å²) in [7, 11) is 0. The number of fused-ring (bicyclic) bond motifs is 2. The van der Waals surface area contributed by atoms with Crippen molar-refractivity contribution >= 4 is 11.4 Å². The van der Waals surface area contributed by atoms with E-state index in [2.05, 4.69) is 10.2 Å². The Morgan fingerprint density at radius 2 is 1.88 bits per heavy atom. The second-order valence-corrected chi connectivity index (χ2v) is 7.66. The summed E-state index contributed by atoms with van der Waals surface area (Å²) in [6, 6.07) is 8.72. The molecular formula is C18H26N4O2. The number of rotatable bonds is 4. The lowest BCUT2D eigenvalue weighted by Gasteiger charge is -2.39. The molecule has 6 heteroatoms. The molecule has 1 heterocycles. The number of piperidine rings is 1. The number of nitrogens with one attached hydrogen (secondary N) is 1. The second kappa shape index (κ2) is 6.33. The number of nitro benzene ring substituents is 1. The van der Waals surface area contributed by atoms with Crippen LogP contribution in [0.1, 0.15) is 38.5 Å². The van der Waals surface area contributed by atoms with Crippen molar-refractivity contribution in [3.05, 3.63) is 34.4 Å². The SMILES string of the molecule is NC1CCCCC1N[C@H]1CC2CC1N(c1ccc([N+](=O)[O-])cc1)C2. The predicted octanol–water partition coefficient (Wildman–Crippen LogP) is 2.42. The van der Waals surface area contributed by atoms with Gasteiger partial charge in [0.15, 0.2) is 0 Å². The molecular weight excluding hydrogens is 304 g/mol. The largest absolute Gasteiger partial charge is 0.367 e. The number of nitrogens with zero attached hydrogens (tertiary/aromatic N) is 2. The first-order chi connectivity index (χ1) is 11.6. The third-order valence-corrected chi connectivity index (χ3v) is 6.12. The van der Waals surface area contributed by atoms with E-state index in [0.29, 0.717) is 18.1 Å². The molecule has 3 aliphatic rings. The van der Waals surface area contributed by atoms with E-state index >= 15 is 0 Å². The molecule has 1 saturated heterocycles. The highest BCUT2D eigenvalue weighted by Gasteiger charge is 2.45. The highest BCUT2D eigenvalue weighted by atomic mass is 16.6.